The SMILES string of the molecule is COC(CNC(=O)C1C(CNC(=O)OCC2c3ccccc3-c3ccccc32)C1(F)F)CC(=O)O. The van der Waals surface area contributed by atoms with Crippen LogP contribution in [0.4, 0.5) is 13.6 Å². The number of halogens is 2. The number of alkyl carbamates (subject to hydrolysis) is 1. The van der Waals surface area contributed by atoms with Gasteiger partial charge in [0, 0.05) is 26.1 Å². The smallest absolute Gasteiger partial charge is 0.407 e. The average Bonchev–Trinajstić information content (AvgIpc) is 3.24. The number of carboxylic acid groups (broad SMARTS) is 1. The molecule has 2 aromatic rings. The summed E-state index contributed by atoms with van der Waals surface area (Å²) in [5.74, 6) is -8.47. The highest BCUT2D eigenvalue weighted by atomic mass is 19.3. The number of aliphatic carboxylic acids is 1. The maximum absolute atomic E-state index is 14.2. The van der Waals surface area contributed by atoms with E-state index in [1.807, 2.05) is 48.5 Å². The molecule has 3 N–H and O–H groups in total. The van der Waals surface area contributed by atoms with Crippen LogP contribution in [0.15, 0.2) is 48.5 Å². The summed E-state index contributed by atoms with van der Waals surface area (Å²) in [6, 6.07) is 15.7. The molecular weight excluding hydrogens is 462 g/mol. The van der Waals surface area contributed by atoms with E-state index in [1.54, 1.807) is 0 Å². The van der Waals surface area contributed by atoms with Crippen molar-refractivity contribution in [2.75, 3.05) is 26.8 Å². The standard InChI is InChI=1S/C25H26F2N2O6/c1-34-14(10-21(30)31)11-28-23(32)22-20(25(22,26)27)12-29-24(33)35-13-19-17-8-4-2-6-15(17)16-7-3-5-9-18(16)19/h2-9,14,19-20,22H,10-13H2,1H3,(H,28,32)(H,29,33)(H,30,31). The minimum Gasteiger partial charge on any atom is -0.481 e. The minimum atomic E-state index is -3.28. The van der Waals surface area contributed by atoms with Gasteiger partial charge in [0.2, 0.25) is 5.91 Å². The summed E-state index contributed by atoms with van der Waals surface area (Å²) in [6.45, 7) is -0.585. The Morgan fingerprint density at radius 2 is 1.63 bits per heavy atom. The van der Waals surface area contributed by atoms with Crippen LogP contribution in [0.25, 0.3) is 11.1 Å². The van der Waals surface area contributed by atoms with Gasteiger partial charge in [0.15, 0.2) is 0 Å². The molecular formula is C25H26F2N2O6. The topological polar surface area (TPSA) is 114 Å². The molecule has 0 saturated heterocycles. The van der Waals surface area contributed by atoms with Crippen molar-refractivity contribution < 1.29 is 37.7 Å². The highest BCUT2D eigenvalue weighted by Gasteiger charge is 2.71. The fourth-order valence-electron chi connectivity index (χ4n) is 4.60. The quantitative estimate of drug-likeness (QED) is 0.474. The number of hydrogen-bond donors (Lipinski definition) is 3. The predicted molar refractivity (Wildman–Crippen MR) is 121 cm³/mol. The summed E-state index contributed by atoms with van der Waals surface area (Å²) in [6.07, 6.45) is -2.04. The van der Waals surface area contributed by atoms with Crippen LogP contribution in [-0.4, -0.2) is 61.9 Å². The van der Waals surface area contributed by atoms with Gasteiger partial charge in [0.1, 0.15) is 12.5 Å². The molecule has 4 rings (SSSR count). The fourth-order valence-corrected chi connectivity index (χ4v) is 4.60. The van der Waals surface area contributed by atoms with E-state index in [0.29, 0.717) is 0 Å². The zero-order chi connectivity index (χ0) is 25.2. The molecule has 2 aromatic carbocycles. The summed E-state index contributed by atoms with van der Waals surface area (Å²) in [4.78, 5) is 35.2. The molecule has 186 valence electrons. The van der Waals surface area contributed by atoms with Gasteiger partial charge in [0.25, 0.3) is 5.92 Å². The number of amides is 2. The van der Waals surface area contributed by atoms with E-state index in [-0.39, 0.29) is 25.5 Å². The molecule has 10 heteroatoms. The molecule has 0 spiro atoms. The van der Waals surface area contributed by atoms with Crippen LogP contribution in [0.2, 0.25) is 0 Å². The Morgan fingerprint density at radius 3 is 2.20 bits per heavy atom. The van der Waals surface area contributed by atoms with Crippen molar-refractivity contribution in [1.29, 1.82) is 0 Å². The molecule has 0 aromatic heterocycles. The zero-order valence-electron chi connectivity index (χ0n) is 19.0. The van der Waals surface area contributed by atoms with Crippen LogP contribution in [0.5, 0.6) is 0 Å². The number of hydrogen-bond acceptors (Lipinski definition) is 5. The Balaban J connectivity index is 1.27. The summed E-state index contributed by atoms with van der Waals surface area (Å²) in [5.41, 5.74) is 4.21. The van der Waals surface area contributed by atoms with E-state index in [2.05, 4.69) is 10.6 Å². The third-order valence-electron chi connectivity index (χ3n) is 6.53. The van der Waals surface area contributed by atoms with Crippen molar-refractivity contribution in [3.05, 3.63) is 59.7 Å². The van der Waals surface area contributed by atoms with Crippen LogP contribution in [0.1, 0.15) is 23.5 Å². The zero-order valence-corrected chi connectivity index (χ0v) is 19.0. The molecule has 0 radical (unpaired) electrons. The Bertz CT molecular complexity index is 1080. The predicted octanol–water partition coefficient (Wildman–Crippen LogP) is 3.01. The third kappa shape index (κ3) is 5.12. The first-order valence-corrected chi connectivity index (χ1v) is 11.2. The van der Waals surface area contributed by atoms with Crippen molar-refractivity contribution >= 4 is 18.0 Å². The maximum atomic E-state index is 14.2. The summed E-state index contributed by atoms with van der Waals surface area (Å²) < 4.78 is 38.6. The lowest BCUT2D eigenvalue weighted by Crippen LogP contribution is -2.36. The fraction of sp³-hybridized carbons (Fsp3) is 0.400. The van der Waals surface area contributed by atoms with Crippen molar-refractivity contribution in [3.8, 4) is 11.1 Å². The molecule has 3 atom stereocenters. The van der Waals surface area contributed by atoms with Gasteiger partial charge in [-0.25, -0.2) is 13.6 Å². The number of nitrogens with one attached hydrogen (secondary N) is 2. The van der Waals surface area contributed by atoms with Gasteiger partial charge < -0.3 is 25.2 Å². The molecule has 1 fully saturated rings. The molecule has 0 bridgehead atoms. The number of fused-ring (bicyclic) bond motifs is 3. The number of carbonyl (C=O) groups is 3. The van der Waals surface area contributed by atoms with Crippen molar-refractivity contribution in [2.24, 2.45) is 11.8 Å². The first-order valence-electron chi connectivity index (χ1n) is 11.2. The number of carboxylic acids is 1. The number of carbonyl (C=O) groups excluding carboxylic acids is 2. The van der Waals surface area contributed by atoms with Gasteiger partial charge in [-0.3, -0.25) is 9.59 Å². The second kappa shape index (κ2) is 9.99. The van der Waals surface area contributed by atoms with Crippen LogP contribution in [0.3, 0.4) is 0 Å². The summed E-state index contributed by atoms with van der Waals surface area (Å²) in [7, 11) is 1.27. The molecule has 2 amide bonds. The van der Waals surface area contributed by atoms with Gasteiger partial charge >= 0.3 is 12.1 Å². The molecule has 8 nitrogen and oxygen atoms in total. The van der Waals surface area contributed by atoms with Crippen LogP contribution < -0.4 is 10.6 Å². The normalized spacial score (nSPS) is 20.3. The molecule has 0 aliphatic heterocycles. The second-order valence-electron chi connectivity index (χ2n) is 8.67. The van der Waals surface area contributed by atoms with Crippen LogP contribution in [0, 0.1) is 11.8 Å². The number of benzene rings is 2. The Kier molecular flexibility index (Phi) is 7.02. The van der Waals surface area contributed by atoms with Gasteiger partial charge in [0.05, 0.1) is 18.4 Å². The summed E-state index contributed by atoms with van der Waals surface area (Å²) >= 11 is 0. The third-order valence-corrected chi connectivity index (χ3v) is 6.53. The van der Waals surface area contributed by atoms with Gasteiger partial charge in [-0.1, -0.05) is 48.5 Å². The molecule has 3 unspecified atom stereocenters. The van der Waals surface area contributed by atoms with Gasteiger partial charge in [-0.05, 0) is 22.3 Å². The Labute approximate surface area is 200 Å². The van der Waals surface area contributed by atoms with Gasteiger partial charge in [-0.15, -0.1) is 0 Å². The average molecular weight is 488 g/mol. The van der Waals surface area contributed by atoms with E-state index in [4.69, 9.17) is 14.6 Å². The molecule has 2 aliphatic carbocycles. The lowest BCUT2D eigenvalue weighted by Gasteiger charge is -2.14. The molecule has 2 aliphatic rings. The largest absolute Gasteiger partial charge is 0.481 e. The second-order valence-corrected chi connectivity index (χ2v) is 8.67. The van der Waals surface area contributed by atoms with E-state index in [0.717, 1.165) is 22.3 Å². The van der Waals surface area contributed by atoms with Crippen molar-refractivity contribution in [1.82, 2.24) is 10.6 Å². The Morgan fingerprint density at radius 1 is 1.03 bits per heavy atom. The van der Waals surface area contributed by atoms with E-state index in [1.165, 1.54) is 7.11 Å². The van der Waals surface area contributed by atoms with Gasteiger partial charge in [-0.2, -0.15) is 0 Å². The molecule has 1 saturated carbocycles. The summed E-state index contributed by atoms with van der Waals surface area (Å²) in [5, 5.41) is 13.4. The van der Waals surface area contributed by atoms with Crippen molar-refractivity contribution in [3.63, 3.8) is 0 Å². The number of alkyl halides is 2. The first kappa shape index (κ1) is 24.6. The number of methoxy groups -OCH3 is 1. The monoisotopic (exact) mass is 488 g/mol. The van der Waals surface area contributed by atoms with E-state index in [9.17, 15) is 23.2 Å². The number of rotatable bonds is 10. The maximum Gasteiger partial charge on any atom is 0.407 e. The highest BCUT2D eigenvalue weighted by molar-refractivity contribution is 5.84. The van der Waals surface area contributed by atoms with E-state index >= 15 is 0 Å². The lowest BCUT2D eigenvalue weighted by atomic mass is 9.98. The first-order chi connectivity index (χ1) is 16.7. The van der Waals surface area contributed by atoms with Crippen LogP contribution >= 0.6 is 0 Å². The number of ether oxygens (including phenoxy) is 2. The minimum absolute atomic E-state index is 0.0484. The Hall–Kier alpha value is -3.53. The van der Waals surface area contributed by atoms with Crippen LogP contribution in [-0.2, 0) is 19.1 Å². The molecule has 0 heterocycles. The molecule has 35 heavy (non-hydrogen) atoms. The van der Waals surface area contributed by atoms with Crippen molar-refractivity contribution in [2.45, 2.75) is 24.4 Å². The highest BCUT2D eigenvalue weighted by Crippen LogP contribution is 2.55. The van der Waals surface area contributed by atoms with E-state index < -0.39 is 48.4 Å². The lowest BCUT2D eigenvalue weighted by molar-refractivity contribution is -0.140.